The summed E-state index contributed by atoms with van der Waals surface area (Å²) in [6.07, 6.45) is 0. The Morgan fingerprint density at radius 1 is 1.03 bits per heavy atom. The normalized spacial score (nSPS) is 11.3. The summed E-state index contributed by atoms with van der Waals surface area (Å²) in [7, 11) is -1.00. The van der Waals surface area contributed by atoms with Crippen LogP contribution in [-0.2, 0) is 16.6 Å². The lowest BCUT2D eigenvalue weighted by atomic mass is 10.2. The predicted octanol–water partition coefficient (Wildman–Crippen LogP) is 4.53. The standard InChI is InChI=1S/C22H21BrN2O4S/c1-25(15-16-7-4-3-5-8-16)30(27,28)21-13-17(11-12-20(21)29-2)22(26)24-19-10-6-9-18(23)14-19/h3-14H,15H2,1-2H3,(H,24,26). The number of rotatable bonds is 7. The van der Waals surface area contributed by atoms with Gasteiger partial charge in [-0.15, -0.1) is 0 Å². The van der Waals surface area contributed by atoms with Gasteiger partial charge >= 0.3 is 0 Å². The van der Waals surface area contributed by atoms with E-state index < -0.39 is 15.9 Å². The second-order valence-corrected chi connectivity index (χ2v) is 9.51. The maximum Gasteiger partial charge on any atom is 0.255 e. The van der Waals surface area contributed by atoms with Crippen LogP contribution in [0.25, 0.3) is 0 Å². The van der Waals surface area contributed by atoms with Crippen molar-refractivity contribution in [2.45, 2.75) is 11.4 Å². The van der Waals surface area contributed by atoms with Gasteiger partial charge in [-0.2, -0.15) is 4.31 Å². The topological polar surface area (TPSA) is 75.7 Å². The second-order valence-electron chi connectivity index (χ2n) is 6.58. The fraction of sp³-hybridized carbons (Fsp3) is 0.136. The van der Waals surface area contributed by atoms with Crippen LogP contribution >= 0.6 is 15.9 Å². The number of hydrogen-bond donors (Lipinski definition) is 1. The van der Waals surface area contributed by atoms with Crippen molar-refractivity contribution in [2.24, 2.45) is 0 Å². The first kappa shape index (κ1) is 22.0. The Labute approximate surface area is 184 Å². The van der Waals surface area contributed by atoms with E-state index in [-0.39, 0.29) is 22.8 Å². The van der Waals surface area contributed by atoms with Gasteiger partial charge in [-0.1, -0.05) is 52.3 Å². The molecular formula is C22H21BrN2O4S. The minimum Gasteiger partial charge on any atom is -0.495 e. The van der Waals surface area contributed by atoms with Gasteiger partial charge in [0.05, 0.1) is 7.11 Å². The summed E-state index contributed by atoms with van der Waals surface area (Å²) in [5.74, 6) is -0.244. The molecule has 1 amide bonds. The largest absolute Gasteiger partial charge is 0.495 e. The van der Waals surface area contributed by atoms with Crippen molar-refractivity contribution >= 4 is 37.5 Å². The van der Waals surface area contributed by atoms with Gasteiger partial charge in [-0.3, -0.25) is 4.79 Å². The maximum absolute atomic E-state index is 13.2. The summed E-state index contributed by atoms with van der Waals surface area (Å²) < 4.78 is 33.7. The molecule has 0 unspecified atom stereocenters. The monoisotopic (exact) mass is 488 g/mol. The van der Waals surface area contributed by atoms with Crippen LogP contribution in [0.5, 0.6) is 5.75 Å². The van der Waals surface area contributed by atoms with Crippen molar-refractivity contribution in [2.75, 3.05) is 19.5 Å². The Hall–Kier alpha value is -2.68. The first-order valence-electron chi connectivity index (χ1n) is 9.06. The lowest BCUT2D eigenvalue weighted by Gasteiger charge is -2.19. The van der Waals surface area contributed by atoms with E-state index in [4.69, 9.17) is 4.74 Å². The number of sulfonamides is 1. The van der Waals surface area contributed by atoms with Crippen LogP contribution in [0.1, 0.15) is 15.9 Å². The quantitative estimate of drug-likeness (QED) is 0.529. The third-order valence-electron chi connectivity index (χ3n) is 4.44. The van der Waals surface area contributed by atoms with Crippen LogP contribution < -0.4 is 10.1 Å². The van der Waals surface area contributed by atoms with Crippen molar-refractivity contribution in [3.63, 3.8) is 0 Å². The SMILES string of the molecule is COc1ccc(C(=O)Nc2cccc(Br)c2)cc1S(=O)(=O)N(C)Cc1ccccc1. The zero-order valence-corrected chi connectivity index (χ0v) is 18.9. The highest BCUT2D eigenvalue weighted by atomic mass is 79.9. The zero-order chi connectivity index (χ0) is 21.7. The Balaban J connectivity index is 1.90. The molecule has 0 saturated heterocycles. The lowest BCUT2D eigenvalue weighted by Crippen LogP contribution is -2.27. The Kier molecular flexibility index (Phi) is 6.91. The highest BCUT2D eigenvalue weighted by Crippen LogP contribution is 2.28. The van der Waals surface area contributed by atoms with Crippen LogP contribution in [0, 0.1) is 0 Å². The molecule has 3 rings (SSSR count). The van der Waals surface area contributed by atoms with Gasteiger partial charge in [0.25, 0.3) is 5.91 Å². The van der Waals surface area contributed by atoms with Gasteiger partial charge < -0.3 is 10.1 Å². The molecule has 8 heteroatoms. The molecule has 0 fully saturated rings. The molecule has 0 bridgehead atoms. The molecule has 3 aromatic carbocycles. The van der Waals surface area contributed by atoms with Crippen LogP contribution in [0.2, 0.25) is 0 Å². The van der Waals surface area contributed by atoms with Crippen molar-refractivity contribution < 1.29 is 17.9 Å². The molecule has 0 aliphatic carbocycles. The summed E-state index contributed by atoms with van der Waals surface area (Å²) in [5, 5.41) is 2.77. The number of benzene rings is 3. The molecule has 3 aromatic rings. The number of hydrogen-bond acceptors (Lipinski definition) is 4. The van der Waals surface area contributed by atoms with Crippen molar-refractivity contribution in [3.8, 4) is 5.75 Å². The number of carbonyl (C=O) groups is 1. The van der Waals surface area contributed by atoms with Gasteiger partial charge in [-0.25, -0.2) is 8.42 Å². The van der Waals surface area contributed by atoms with Gasteiger partial charge in [0.1, 0.15) is 10.6 Å². The number of halogens is 1. The third-order valence-corrected chi connectivity index (χ3v) is 6.76. The molecule has 0 spiro atoms. The molecule has 0 atom stereocenters. The minimum atomic E-state index is -3.89. The van der Waals surface area contributed by atoms with E-state index in [1.54, 1.807) is 18.2 Å². The highest BCUT2D eigenvalue weighted by Gasteiger charge is 2.26. The second kappa shape index (κ2) is 9.42. The molecule has 156 valence electrons. The number of nitrogens with zero attached hydrogens (tertiary/aromatic N) is 1. The van der Waals surface area contributed by atoms with E-state index in [1.165, 1.54) is 36.7 Å². The van der Waals surface area contributed by atoms with Crippen LogP contribution in [0.15, 0.2) is 82.2 Å². The molecule has 6 nitrogen and oxygen atoms in total. The zero-order valence-electron chi connectivity index (χ0n) is 16.5. The summed E-state index contributed by atoms with van der Waals surface area (Å²) in [6.45, 7) is 0.195. The summed E-state index contributed by atoms with van der Waals surface area (Å²) in [6, 6.07) is 20.8. The number of ether oxygens (including phenoxy) is 1. The van der Waals surface area contributed by atoms with Crippen LogP contribution in [-0.4, -0.2) is 32.8 Å². The number of methoxy groups -OCH3 is 1. The van der Waals surface area contributed by atoms with Crippen LogP contribution in [0.3, 0.4) is 0 Å². The van der Waals surface area contributed by atoms with E-state index in [0.29, 0.717) is 5.69 Å². The smallest absolute Gasteiger partial charge is 0.255 e. The molecule has 0 saturated carbocycles. The molecule has 0 aliphatic heterocycles. The Bertz CT molecular complexity index is 1150. The van der Waals surface area contributed by atoms with Crippen LogP contribution in [0.4, 0.5) is 5.69 Å². The van der Waals surface area contributed by atoms with E-state index in [0.717, 1.165) is 10.0 Å². The maximum atomic E-state index is 13.2. The van der Waals surface area contributed by atoms with E-state index in [1.807, 2.05) is 36.4 Å². The highest BCUT2D eigenvalue weighted by molar-refractivity contribution is 9.10. The van der Waals surface area contributed by atoms with Gasteiger partial charge in [0, 0.05) is 29.3 Å². The van der Waals surface area contributed by atoms with E-state index >= 15 is 0 Å². The molecule has 1 N–H and O–H groups in total. The molecule has 30 heavy (non-hydrogen) atoms. The Morgan fingerprint density at radius 2 is 1.77 bits per heavy atom. The lowest BCUT2D eigenvalue weighted by molar-refractivity contribution is 0.102. The predicted molar refractivity (Wildman–Crippen MR) is 120 cm³/mol. The van der Waals surface area contributed by atoms with Gasteiger partial charge in [0.2, 0.25) is 10.0 Å². The minimum absolute atomic E-state index is 0.0645. The molecule has 0 radical (unpaired) electrons. The fourth-order valence-electron chi connectivity index (χ4n) is 2.88. The number of nitrogens with one attached hydrogen (secondary N) is 1. The van der Waals surface area contributed by atoms with E-state index in [2.05, 4.69) is 21.2 Å². The first-order chi connectivity index (χ1) is 14.3. The van der Waals surface area contributed by atoms with Crippen molar-refractivity contribution in [3.05, 3.63) is 88.4 Å². The van der Waals surface area contributed by atoms with Crippen molar-refractivity contribution in [1.82, 2.24) is 4.31 Å². The van der Waals surface area contributed by atoms with Gasteiger partial charge in [0.15, 0.2) is 0 Å². The van der Waals surface area contributed by atoms with Gasteiger partial charge in [-0.05, 0) is 42.0 Å². The molecule has 0 aliphatic rings. The average molecular weight is 489 g/mol. The van der Waals surface area contributed by atoms with Crippen molar-refractivity contribution in [1.29, 1.82) is 0 Å². The number of amides is 1. The Morgan fingerprint density at radius 3 is 2.43 bits per heavy atom. The fourth-order valence-corrected chi connectivity index (χ4v) is 4.62. The summed E-state index contributed by atoms with van der Waals surface area (Å²) in [5.41, 5.74) is 1.66. The summed E-state index contributed by atoms with van der Waals surface area (Å²) >= 11 is 3.36. The summed E-state index contributed by atoms with van der Waals surface area (Å²) in [4.78, 5) is 12.6. The number of anilines is 1. The molecule has 0 aromatic heterocycles. The average Bonchev–Trinajstić information content (AvgIpc) is 2.74. The molecule has 0 heterocycles. The van der Waals surface area contributed by atoms with E-state index in [9.17, 15) is 13.2 Å². The first-order valence-corrected chi connectivity index (χ1v) is 11.3. The third kappa shape index (κ3) is 5.08. The molecular weight excluding hydrogens is 468 g/mol. The number of carbonyl (C=O) groups excluding carboxylic acids is 1.